The van der Waals surface area contributed by atoms with Gasteiger partial charge in [0, 0.05) is 25.9 Å². The monoisotopic (exact) mass is 356 g/mol. The molecule has 0 spiro atoms. The Balaban J connectivity index is 1.69. The molecule has 0 atom stereocenters. The SMILES string of the molecule is CC(=O)NCCCc1nc2ccccc2n1CC(=O)NC1CCCCC1. The Bertz CT molecular complexity index is 762. The number of imidazole rings is 1. The van der Waals surface area contributed by atoms with Gasteiger partial charge in [-0.3, -0.25) is 9.59 Å². The fourth-order valence-electron chi connectivity index (χ4n) is 3.67. The number of rotatable bonds is 7. The van der Waals surface area contributed by atoms with Gasteiger partial charge in [0.05, 0.1) is 11.0 Å². The van der Waals surface area contributed by atoms with Crippen LogP contribution in [0.15, 0.2) is 24.3 Å². The van der Waals surface area contributed by atoms with Crippen molar-refractivity contribution in [3.63, 3.8) is 0 Å². The summed E-state index contributed by atoms with van der Waals surface area (Å²) in [6.45, 7) is 2.43. The molecule has 2 amide bonds. The van der Waals surface area contributed by atoms with E-state index in [1.165, 1.54) is 26.2 Å². The van der Waals surface area contributed by atoms with Crippen molar-refractivity contribution in [2.24, 2.45) is 0 Å². The predicted octanol–water partition coefficient (Wildman–Crippen LogP) is 2.55. The molecule has 3 rings (SSSR count). The lowest BCUT2D eigenvalue weighted by atomic mass is 9.95. The van der Waals surface area contributed by atoms with E-state index in [1.807, 2.05) is 28.8 Å². The second-order valence-corrected chi connectivity index (χ2v) is 7.09. The molecule has 0 unspecified atom stereocenters. The van der Waals surface area contributed by atoms with Crippen LogP contribution in [-0.2, 0) is 22.6 Å². The first-order valence-corrected chi connectivity index (χ1v) is 9.61. The Hall–Kier alpha value is -2.37. The molecule has 1 aromatic carbocycles. The first-order valence-electron chi connectivity index (χ1n) is 9.61. The van der Waals surface area contributed by atoms with E-state index in [0.717, 1.165) is 42.5 Å². The van der Waals surface area contributed by atoms with E-state index in [9.17, 15) is 9.59 Å². The van der Waals surface area contributed by atoms with Crippen molar-refractivity contribution in [2.45, 2.75) is 64.5 Å². The summed E-state index contributed by atoms with van der Waals surface area (Å²) in [5, 5.41) is 6.00. The van der Waals surface area contributed by atoms with Crippen molar-refractivity contribution >= 4 is 22.8 Å². The zero-order valence-electron chi connectivity index (χ0n) is 15.5. The lowest BCUT2D eigenvalue weighted by Gasteiger charge is -2.23. The molecule has 6 nitrogen and oxygen atoms in total. The largest absolute Gasteiger partial charge is 0.356 e. The molecule has 140 valence electrons. The van der Waals surface area contributed by atoms with Gasteiger partial charge in [0.2, 0.25) is 11.8 Å². The van der Waals surface area contributed by atoms with Crippen molar-refractivity contribution < 1.29 is 9.59 Å². The highest BCUT2D eigenvalue weighted by Gasteiger charge is 2.18. The van der Waals surface area contributed by atoms with Crippen LogP contribution in [0.3, 0.4) is 0 Å². The number of carbonyl (C=O) groups is 2. The van der Waals surface area contributed by atoms with E-state index in [-0.39, 0.29) is 11.8 Å². The maximum Gasteiger partial charge on any atom is 0.240 e. The van der Waals surface area contributed by atoms with Crippen LogP contribution in [0.1, 0.15) is 51.3 Å². The maximum absolute atomic E-state index is 12.6. The van der Waals surface area contributed by atoms with Gasteiger partial charge in [-0.1, -0.05) is 31.4 Å². The number of amides is 2. The fraction of sp³-hybridized carbons (Fsp3) is 0.550. The summed E-state index contributed by atoms with van der Waals surface area (Å²) >= 11 is 0. The standard InChI is InChI=1S/C20H28N4O2/c1-15(25)21-13-7-12-19-23-17-10-5-6-11-18(17)24(19)14-20(26)22-16-8-3-2-4-9-16/h5-6,10-11,16H,2-4,7-9,12-14H2,1H3,(H,21,25)(H,22,26). The van der Waals surface area contributed by atoms with E-state index in [4.69, 9.17) is 4.98 Å². The van der Waals surface area contributed by atoms with Crippen LogP contribution in [0.5, 0.6) is 0 Å². The van der Waals surface area contributed by atoms with E-state index >= 15 is 0 Å². The van der Waals surface area contributed by atoms with Crippen LogP contribution < -0.4 is 10.6 Å². The van der Waals surface area contributed by atoms with Crippen molar-refractivity contribution in [1.29, 1.82) is 0 Å². The molecule has 1 heterocycles. The van der Waals surface area contributed by atoms with Gasteiger partial charge in [0.25, 0.3) is 0 Å². The van der Waals surface area contributed by atoms with E-state index in [0.29, 0.717) is 19.1 Å². The smallest absolute Gasteiger partial charge is 0.240 e. The third-order valence-electron chi connectivity index (χ3n) is 4.96. The van der Waals surface area contributed by atoms with Gasteiger partial charge in [-0.2, -0.15) is 0 Å². The number of hydrogen-bond donors (Lipinski definition) is 2. The van der Waals surface area contributed by atoms with E-state index < -0.39 is 0 Å². The highest BCUT2D eigenvalue weighted by atomic mass is 16.2. The minimum Gasteiger partial charge on any atom is -0.356 e. The Morgan fingerprint density at radius 2 is 1.96 bits per heavy atom. The average molecular weight is 356 g/mol. The molecule has 6 heteroatoms. The average Bonchev–Trinajstić information content (AvgIpc) is 2.97. The number of nitrogens with zero attached hydrogens (tertiary/aromatic N) is 2. The van der Waals surface area contributed by atoms with E-state index in [2.05, 4.69) is 10.6 Å². The summed E-state index contributed by atoms with van der Waals surface area (Å²) in [5.41, 5.74) is 1.90. The molecule has 1 aromatic heterocycles. The van der Waals surface area contributed by atoms with Crippen molar-refractivity contribution in [1.82, 2.24) is 20.2 Å². The van der Waals surface area contributed by atoms with Crippen LogP contribution >= 0.6 is 0 Å². The second-order valence-electron chi connectivity index (χ2n) is 7.09. The summed E-state index contributed by atoms with van der Waals surface area (Å²) in [4.78, 5) is 28.3. The lowest BCUT2D eigenvalue weighted by molar-refractivity contribution is -0.122. The Morgan fingerprint density at radius 3 is 2.73 bits per heavy atom. The Labute approximate surface area is 154 Å². The van der Waals surface area contributed by atoms with Crippen LogP contribution in [0.4, 0.5) is 0 Å². The number of hydrogen-bond acceptors (Lipinski definition) is 3. The summed E-state index contributed by atoms with van der Waals surface area (Å²) in [6, 6.07) is 8.23. The van der Waals surface area contributed by atoms with Gasteiger partial charge in [-0.05, 0) is 31.4 Å². The molecular formula is C20H28N4O2. The summed E-state index contributed by atoms with van der Waals surface area (Å²) < 4.78 is 2.02. The zero-order valence-corrected chi connectivity index (χ0v) is 15.5. The van der Waals surface area contributed by atoms with Crippen molar-refractivity contribution in [3.05, 3.63) is 30.1 Å². The molecule has 26 heavy (non-hydrogen) atoms. The number of carbonyl (C=O) groups excluding carboxylic acids is 2. The van der Waals surface area contributed by atoms with E-state index in [1.54, 1.807) is 0 Å². The number of benzene rings is 1. The van der Waals surface area contributed by atoms with Gasteiger partial charge in [-0.25, -0.2) is 4.98 Å². The summed E-state index contributed by atoms with van der Waals surface area (Å²) in [7, 11) is 0. The number of para-hydroxylation sites is 2. The Morgan fingerprint density at radius 1 is 1.19 bits per heavy atom. The molecule has 1 aliphatic rings. The number of aryl methyl sites for hydroxylation is 1. The predicted molar refractivity (Wildman–Crippen MR) is 102 cm³/mol. The molecule has 2 aromatic rings. The second kappa shape index (κ2) is 8.83. The van der Waals surface area contributed by atoms with Crippen LogP contribution in [0.25, 0.3) is 11.0 Å². The van der Waals surface area contributed by atoms with Gasteiger partial charge in [0.15, 0.2) is 0 Å². The zero-order chi connectivity index (χ0) is 18.4. The summed E-state index contributed by atoms with van der Waals surface area (Å²) in [5.74, 6) is 0.934. The third kappa shape index (κ3) is 4.84. The highest BCUT2D eigenvalue weighted by molar-refractivity contribution is 5.81. The molecule has 2 N–H and O–H groups in total. The Kier molecular flexibility index (Phi) is 6.26. The van der Waals surface area contributed by atoms with Crippen LogP contribution in [0.2, 0.25) is 0 Å². The molecule has 1 aliphatic carbocycles. The quantitative estimate of drug-likeness (QED) is 0.749. The first kappa shape index (κ1) is 18.4. The normalized spacial score (nSPS) is 15.1. The fourth-order valence-corrected chi connectivity index (χ4v) is 3.67. The van der Waals surface area contributed by atoms with Crippen LogP contribution in [-0.4, -0.2) is 34.0 Å². The molecule has 1 saturated carbocycles. The molecular weight excluding hydrogens is 328 g/mol. The number of aromatic nitrogens is 2. The van der Waals surface area contributed by atoms with Crippen molar-refractivity contribution in [2.75, 3.05) is 6.54 Å². The molecule has 0 radical (unpaired) electrons. The van der Waals surface area contributed by atoms with Crippen LogP contribution in [0, 0.1) is 0 Å². The molecule has 0 saturated heterocycles. The first-order chi connectivity index (χ1) is 12.6. The van der Waals surface area contributed by atoms with Crippen molar-refractivity contribution in [3.8, 4) is 0 Å². The minimum absolute atomic E-state index is 0.0228. The topological polar surface area (TPSA) is 76.0 Å². The highest BCUT2D eigenvalue weighted by Crippen LogP contribution is 2.19. The van der Waals surface area contributed by atoms with Gasteiger partial charge in [-0.15, -0.1) is 0 Å². The van der Waals surface area contributed by atoms with Gasteiger partial charge >= 0.3 is 0 Å². The number of fused-ring (bicyclic) bond motifs is 1. The lowest BCUT2D eigenvalue weighted by Crippen LogP contribution is -2.38. The minimum atomic E-state index is -0.0228. The number of nitrogens with one attached hydrogen (secondary N) is 2. The van der Waals surface area contributed by atoms with Gasteiger partial charge in [0.1, 0.15) is 12.4 Å². The molecule has 0 bridgehead atoms. The molecule has 0 aliphatic heterocycles. The van der Waals surface area contributed by atoms with Gasteiger partial charge < -0.3 is 15.2 Å². The molecule has 1 fully saturated rings. The summed E-state index contributed by atoms with van der Waals surface area (Å²) in [6.07, 6.45) is 7.37. The third-order valence-corrected chi connectivity index (χ3v) is 4.96. The maximum atomic E-state index is 12.6.